The average Bonchev–Trinajstić information content (AvgIpc) is 3.33. The normalized spacial score (nSPS) is 10.8. The molecule has 0 atom stereocenters. The van der Waals surface area contributed by atoms with Gasteiger partial charge < -0.3 is 14.6 Å². The number of carbonyl (C=O) groups excluding carboxylic acids is 1. The summed E-state index contributed by atoms with van der Waals surface area (Å²) in [5.41, 5.74) is 4.16. The number of hydrogen-bond donors (Lipinski definition) is 1. The molecule has 0 saturated carbocycles. The van der Waals surface area contributed by atoms with Crippen molar-refractivity contribution in [2.45, 2.75) is 26.9 Å². The van der Waals surface area contributed by atoms with Crippen LogP contribution in [-0.2, 0) is 17.8 Å². The standard InChI is InChI=1S/C23H21BrN4O3/c1-15-20(16(2)31-27-15)14-30-19-9-7-17(8-10-19)11-23(29)26-21-5-3-4-6-22(21)28-13-18(24)12-25-28/h3-10,12-13H,11,14H2,1-2H3,(H,26,29). The number of hydrogen-bond acceptors (Lipinski definition) is 5. The van der Waals surface area contributed by atoms with Crippen molar-refractivity contribution in [1.82, 2.24) is 14.9 Å². The largest absolute Gasteiger partial charge is 0.489 e. The highest BCUT2D eigenvalue weighted by Gasteiger charge is 2.11. The Morgan fingerprint density at radius 2 is 1.94 bits per heavy atom. The minimum atomic E-state index is -0.108. The van der Waals surface area contributed by atoms with Gasteiger partial charge in [0.25, 0.3) is 0 Å². The molecule has 1 amide bonds. The third-order valence-electron chi connectivity index (χ3n) is 4.83. The van der Waals surface area contributed by atoms with Crippen molar-refractivity contribution in [2.75, 3.05) is 5.32 Å². The van der Waals surface area contributed by atoms with Crippen LogP contribution in [0.15, 0.2) is 69.9 Å². The molecule has 0 fully saturated rings. The predicted molar refractivity (Wildman–Crippen MR) is 120 cm³/mol. The van der Waals surface area contributed by atoms with Crippen LogP contribution >= 0.6 is 15.9 Å². The number of aromatic nitrogens is 3. The van der Waals surface area contributed by atoms with Gasteiger partial charge >= 0.3 is 0 Å². The summed E-state index contributed by atoms with van der Waals surface area (Å²) in [5, 5.41) is 11.2. The first-order valence-corrected chi connectivity index (χ1v) is 10.5. The van der Waals surface area contributed by atoms with Gasteiger partial charge in [-0.05, 0) is 59.6 Å². The zero-order valence-corrected chi connectivity index (χ0v) is 18.7. The molecule has 2 aromatic heterocycles. The lowest BCUT2D eigenvalue weighted by molar-refractivity contribution is -0.115. The number of halogens is 1. The maximum absolute atomic E-state index is 12.6. The number of aryl methyl sites for hydroxylation is 2. The summed E-state index contributed by atoms with van der Waals surface area (Å²) < 4.78 is 13.6. The van der Waals surface area contributed by atoms with Crippen molar-refractivity contribution >= 4 is 27.5 Å². The van der Waals surface area contributed by atoms with Crippen LogP contribution in [0.3, 0.4) is 0 Å². The van der Waals surface area contributed by atoms with Crippen molar-refractivity contribution in [1.29, 1.82) is 0 Å². The fourth-order valence-electron chi connectivity index (χ4n) is 3.16. The van der Waals surface area contributed by atoms with Crippen LogP contribution in [0, 0.1) is 13.8 Å². The first-order valence-electron chi connectivity index (χ1n) is 9.72. The fourth-order valence-corrected chi connectivity index (χ4v) is 3.44. The minimum Gasteiger partial charge on any atom is -0.489 e. The van der Waals surface area contributed by atoms with Gasteiger partial charge in [-0.15, -0.1) is 0 Å². The molecule has 1 N–H and O–H groups in total. The lowest BCUT2D eigenvalue weighted by Gasteiger charge is -2.11. The molecule has 0 aliphatic carbocycles. The smallest absolute Gasteiger partial charge is 0.228 e. The first kappa shape index (κ1) is 20.9. The Balaban J connectivity index is 1.37. The number of carbonyl (C=O) groups is 1. The minimum absolute atomic E-state index is 0.108. The van der Waals surface area contributed by atoms with Gasteiger partial charge in [0.2, 0.25) is 5.91 Å². The van der Waals surface area contributed by atoms with E-state index in [4.69, 9.17) is 9.26 Å². The molecule has 0 aliphatic rings. The summed E-state index contributed by atoms with van der Waals surface area (Å²) in [7, 11) is 0. The van der Waals surface area contributed by atoms with Crippen LogP contribution in [0.25, 0.3) is 5.69 Å². The van der Waals surface area contributed by atoms with Crippen LogP contribution in [0.2, 0.25) is 0 Å². The van der Waals surface area contributed by atoms with Gasteiger partial charge in [-0.2, -0.15) is 5.10 Å². The van der Waals surface area contributed by atoms with E-state index in [0.717, 1.165) is 38.5 Å². The van der Waals surface area contributed by atoms with Gasteiger partial charge in [0.05, 0.1) is 39.7 Å². The molecule has 0 saturated heterocycles. The Labute approximate surface area is 188 Å². The number of rotatable bonds is 7. The van der Waals surface area contributed by atoms with Crippen LogP contribution in [0.1, 0.15) is 22.6 Å². The predicted octanol–water partition coefficient (Wildman–Crippen LogP) is 5.00. The topological polar surface area (TPSA) is 82.2 Å². The summed E-state index contributed by atoms with van der Waals surface area (Å²) in [4.78, 5) is 12.6. The van der Waals surface area contributed by atoms with Gasteiger partial charge in [-0.1, -0.05) is 29.4 Å². The van der Waals surface area contributed by atoms with E-state index in [1.807, 2.05) is 68.6 Å². The number of para-hydroxylation sites is 2. The molecule has 2 aromatic carbocycles. The molecule has 2 heterocycles. The average molecular weight is 481 g/mol. The van der Waals surface area contributed by atoms with Crippen molar-refractivity contribution in [3.63, 3.8) is 0 Å². The summed E-state index contributed by atoms with van der Waals surface area (Å²) in [6.07, 6.45) is 3.79. The van der Waals surface area contributed by atoms with Gasteiger partial charge in [-0.3, -0.25) is 4.79 Å². The molecule has 158 valence electrons. The van der Waals surface area contributed by atoms with E-state index in [9.17, 15) is 4.79 Å². The zero-order valence-electron chi connectivity index (χ0n) is 17.1. The SMILES string of the molecule is Cc1noc(C)c1COc1ccc(CC(=O)Nc2ccccc2-n2cc(Br)cn2)cc1. The molecule has 8 heteroatoms. The van der Waals surface area contributed by atoms with Crippen LogP contribution in [0.5, 0.6) is 5.75 Å². The van der Waals surface area contributed by atoms with Crippen molar-refractivity contribution in [3.05, 3.63) is 88.0 Å². The number of anilines is 1. The molecule has 31 heavy (non-hydrogen) atoms. The number of amides is 1. The second-order valence-corrected chi connectivity index (χ2v) is 8.00. The highest BCUT2D eigenvalue weighted by Crippen LogP contribution is 2.22. The monoisotopic (exact) mass is 480 g/mol. The summed E-state index contributed by atoms with van der Waals surface area (Å²) in [6.45, 7) is 4.14. The lowest BCUT2D eigenvalue weighted by Crippen LogP contribution is -2.16. The summed E-state index contributed by atoms with van der Waals surface area (Å²) in [6, 6.07) is 15.0. The molecular weight excluding hydrogens is 460 g/mol. The van der Waals surface area contributed by atoms with Crippen LogP contribution in [0.4, 0.5) is 5.69 Å². The first-order chi connectivity index (χ1) is 15.0. The van der Waals surface area contributed by atoms with E-state index < -0.39 is 0 Å². The zero-order chi connectivity index (χ0) is 21.8. The molecule has 0 bridgehead atoms. The maximum atomic E-state index is 12.6. The molecule has 0 aliphatic heterocycles. The maximum Gasteiger partial charge on any atom is 0.228 e. The third-order valence-corrected chi connectivity index (χ3v) is 5.24. The Morgan fingerprint density at radius 1 is 1.16 bits per heavy atom. The number of ether oxygens (including phenoxy) is 1. The summed E-state index contributed by atoms with van der Waals surface area (Å²) >= 11 is 3.40. The quantitative estimate of drug-likeness (QED) is 0.402. The number of nitrogens with zero attached hydrogens (tertiary/aromatic N) is 3. The van der Waals surface area contributed by atoms with E-state index in [1.165, 1.54) is 0 Å². The van der Waals surface area contributed by atoms with Crippen molar-refractivity contribution in [3.8, 4) is 11.4 Å². The molecule has 4 rings (SSSR count). The Kier molecular flexibility index (Phi) is 6.18. The number of nitrogens with one attached hydrogen (secondary N) is 1. The lowest BCUT2D eigenvalue weighted by atomic mass is 10.1. The van der Waals surface area contributed by atoms with Crippen molar-refractivity contribution in [2.24, 2.45) is 0 Å². The van der Waals surface area contributed by atoms with Gasteiger partial charge in [0.1, 0.15) is 18.1 Å². The molecule has 4 aromatic rings. The molecule has 0 spiro atoms. The van der Waals surface area contributed by atoms with E-state index in [0.29, 0.717) is 12.3 Å². The molecule has 0 unspecified atom stereocenters. The fraction of sp³-hybridized carbons (Fsp3) is 0.174. The van der Waals surface area contributed by atoms with E-state index in [2.05, 4.69) is 31.5 Å². The molecular formula is C23H21BrN4O3. The van der Waals surface area contributed by atoms with E-state index in [-0.39, 0.29) is 12.3 Å². The second-order valence-electron chi connectivity index (χ2n) is 7.08. The second kappa shape index (κ2) is 9.18. The summed E-state index contributed by atoms with van der Waals surface area (Å²) in [5.74, 6) is 1.37. The van der Waals surface area contributed by atoms with Crippen LogP contribution in [-0.4, -0.2) is 20.8 Å². The van der Waals surface area contributed by atoms with E-state index in [1.54, 1.807) is 10.9 Å². The van der Waals surface area contributed by atoms with E-state index >= 15 is 0 Å². The number of benzene rings is 2. The third kappa shape index (κ3) is 5.03. The highest BCUT2D eigenvalue weighted by molar-refractivity contribution is 9.10. The van der Waals surface area contributed by atoms with Gasteiger partial charge in [0.15, 0.2) is 0 Å². The Bertz CT molecular complexity index is 1180. The van der Waals surface area contributed by atoms with Gasteiger partial charge in [-0.25, -0.2) is 4.68 Å². The van der Waals surface area contributed by atoms with Crippen molar-refractivity contribution < 1.29 is 14.1 Å². The van der Waals surface area contributed by atoms with Crippen LogP contribution < -0.4 is 10.1 Å². The Hall–Kier alpha value is -3.39. The molecule has 7 nitrogen and oxygen atoms in total. The van der Waals surface area contributed by atoms with Gasteiger partial charge in [0, 0.05) is 6.20 Å². The highest BCUT2D eigenvalue weighted by atomic mass is 79.9. The molecule has 0 radical (unpaired) electrons. The Morgan fingerprint density at radius 3 is 2.61 bits per heavy atom.